The van der Waals surface area contributed by atoms with E-state index in [1.165, 1.54) is 18.2 Å². The molecule has 0 fully saturated rings. The maximum absolute atomic E-state index is 13.2. The number of hydrogen-bond acceptors (Lipinski definition) is 4. The van der Waals surface area contributed by atoms with Crippen LogP contribution in [-0.4, -0.2) is 0 Å². The molecule has 3 aromatic rings. The second-order valence-electron chi connectivity index (χ2n) is 5.11. The number of nitrogens with zero attached hydrogens (tertiary/aromatic N) is 2. The Kier molecular flexibility index (Phi) is 4.60. The van der Waals surface area contributed by atoms with E-state index in [1.54, 1.807) is 48.5 Å². The number of hydrogen-bond donors (Lipinski definition) is 0. The zero-order valence-corrected chi connectivity index (χ0v) is 12.9. The van der Waals surface area contributed by atoms with E-state index in [0.29, 0.717) is 34.1 Å². The third-order valence-electron chi connectivity index (χ3n) is 3.24. The van der Waals surface area contributed by atoms with Gasteiger partial charge in [-0.1, -0.05) is 12.1 Å². The summed E-state index contributed by atoms with van der Waals surface area (Å²) in [6.07, 6.45) is 0. The van der Waals surface area contributed by atoms with Crippen LogP contribution in [0.1, 0.15) is 11.1 Å². The van der Waals surface area contributed by atoms with E-state index in [-0.39, 0.29) is 5.82 Å². The Balaban J connectivity index is 1.83. The van der Waals surface area contributed by atoms with E-state index in [9.17, 15) is 4.39 Å². The van der Waals surface area contributed by atoms with E-state index in [0.717, 1.165) is 0 Å². The smallest absolute Gasteiger partial charge is 0.131 e. The molecule has 0 amide bonds. The molecule has 0 aliphatic rings. The lowest BCUT2D eigenvalue weighted by atomic mass is 10.1. The highest BCUT2D eigenvalue weighted by Crippen LogP contribution is 2.29. The highest BCUT2D eigenvalue weighted by atomic mass is 19.1. The number of ether oxygens (including phenoxy) is 2. The van der Waals surface area contributed by atoms with Gasteiger partial charge in [-0.2, -0.15) is 10.5 Å². The molecule has 0 saturated carbocycles. The Morgan fingerprint density at radius 1 is 0.640 bits per heavy atom. The Morgan fingerprint density at radius 2 is 1.16 bits per heavy atom. The van der Waals surface area contributed by atoms with Gasteiger partial charge in [-0.05, 0) is 42.5 Å². The van der Waals surface area contributed by atoms with Crippen LogP contribution in [-0.2, 0) is 0 Å². The summed E-state index contributed by atoms with van der Waals surface area (Å²) >= 11 is 0. The minimum Gasteiger partial charge on any atom is -0.457 e. The summed E-state index contributed by atoms with van der Waals surface area (Å²) in [6.45, 7) is 0. The highest BCUT2D eigenvalue weighted by Gasteiger charge is 2.05. The van der Waals surface area contributed by atoms with Gasteiger partial charge >= 0.3 is 0 Å². The lowest BCUT2D eigenvalue weighted by Crippen LogP contribution is -1.89. The summed E-state index contributed by atoms with van der Waals surface area (Å²) in [5.41, 5.74) is 0.669. The largest absolute Gasteiger partial charge is 0.457 e. The van der Waals surface area contributed by atoms with Gasteiger partial charge in [0.2, 0.25) is 0 Å². The molecular weight excluding hydrogens is 319 g/mol. The SMILES string of the molecule is N#Cc1cc(C#N)cc(Oc2cccc(Oc3cccc(F)c3)c2)c1. The predicted molar refractivity (Wildman–Crippen MR) is 88.9 cm³/mol. The van der Waals surface area contributed by atoms with Crippen molar-refractivity contribution in [3.05, 3.63) is 83.7 Å². The fourth-order valence-electron chi connectivity index (χ4n) is 2.19. The molecule has 5 heteroatoms. The fourth-order valence-corrected chi connectivity index (χ4v) is 2.19. The van der Waals surface area contributed by atoms with Gasteiger partial charge in [-0.15, -0.1) is 0 Å². The molecule has 0 atom stereocenters. The summed E-state index contributed by atoms with van der Waals surface area (Å²) in [6, 6.07) is 21.1. The Labute approximate surface area is 143 Å². The van der Waals surface area contributed by atoms with Crippen LogP contribution >= 0.6 is 0 Å². The zero-order chi connectivity index (χ0) is 17.6. The molecule has 0 aromatic heterocycles. The Hall–Kier alpha value is -3.83. The predicted octanol–water partition coefficient (Wildman–Crippen LogP) is 5.15. The van der Waals surface area contributed by atoms with Crippen molar-refractivity contribution >= 4 is 0 Å². The molecule has 120 valence electrons. The van der Waals surface area contributed by atoms with Crippen LogP contribution in [0, 0.1) is 28.5 Å². The summed E-state index contributed by atoms with van der Waals surface area (Å²) in [5, 5.41) is 18.0. The summed E-state index contributed by atoms with van der Waals surface area (Å²) < 4.78 is 24.5. The highest BCUT2D eigenvalue weighted by molar-refractivity contribution is 5.47. The fraction of sp³-hybridized carbons (Fsp3) is 0. The molecule has 3 rings (SSSR count). The number of halogens is 1. The van der Waals surface area contributed by atoms with E-state index in [4.69, 9.17) is 20.0 Å². The monoisotopic (exact) mass is 330 g/mol. The van der Waals surface area contributed by atoms with Crippen LogP contribution in [0.2, 0.25) is 0 Å². The summed E-state index contributed by atoms with van der Waals surface area (Å²) in [5.74, 6) is 1.30. The molecule has 0 heterocycles. The van der Waals surface area contributed by atoms with Crippen molar-refractivity contribution in [2.75, 3.05) is 0 Å². The molecule has 0 saturated heterocycles. The minimum absolute atomic E-state index is 0.334. The second-order valence-corrected chi connectivity index (χ2v) is 5.11. The van der Waals surface area contributed by atoms with Crippen molar-refractivity contribution in [1.82, 2.24) is 0 Å². The maximum Gasteiger partial charge on any atom is 0.131 e. The van der Waals surface area contributed by atoms with Crippen LogP contribution in [0.15, 0.2) is 66.7 Å². The number of nitriles is 2. The van der Waals surface area contributed by atoms with Gasteiger partial charge in [0.25, 0.3) is 0 Å². The van der Waals surface area contributed by atoms with Crippen LogP contribution < -0.4 is 9.47 Å². The van der Waals surface area contributed by atoms with Crippen molar-refractivity contribution in [2.24, 2.45) is 0 Å². The number of rotatable bonds is 4. The van der Waals surface area contributed by atoms with E-state index >= 15 is 0 Å². The molecule has 0 N–H and O–H groups in total. The Bertz CT molecular complexity index is 971. The average molecular weight is 330 g/mol. The van der Waals surface area contributed by atoms with Crippen molar-refractivity contribution in [2.45, 2.75) is 0 Å². The third kappa shape index (κ3) is 4.13. The minimum atomic E-state index is -0.387. The molecule has 0 unspecified atom stereocenters. The normalized spacial score (nSPS) is 9.72. The van der Waals surface area contributed by atoms with Gasteiger partial charge < -0.3 is 9.47 Å². The quantitative estimate of drug-likeness (QED) is 0.663. The van der Waals surface area contributed by atoms with Crippen LogP contribution in [0.3, 0.4) is 0 Å². The van der Waals surface area contributed by atoms with Gasteiger partial charge in [0.1, 0.15) is 28.8 Å². The van der Waals surface area contributed by atoms with Crippen molar-refractivity contribution in [1.29, 1.82) is 10.5 Å². The van der Waals surface area contributed by atoms with E-state index in [1.807, 2.05) is 12.1 Å². The molecule has 4 nitrogen and oxygen atoms in total. The third-order valence-corrected chi connectivity index (χ3v) is 3.24. The first-order valence-electron chi connectivity index (χ1n) is 7.33. The molecule has 0 radical (unpaired) electrons. The van der Waals surface area contributed by atoms with Gasteiger partial charge in [-0.25, -0.2) is 4.39 Å². The van der Waals surface area contributed by atoms with Crippen LogP contribution in [0.4, 0.5) is 4.39 Å². The molecule has 0 aliphatic heterocycles. The first-order chi connectivity index (χ1) is 12.2. The summed E-state index contributed by atoms with van der Waals surface area (Å²) in [4.78, 5) is 0. The van der Waals surface area contributed by atoms with Gasteiger partial charge in [0.05, 0.1) is 23.3 Å². The van der Waals surface area contributed by atoms with E-state index < -0.39 is 0 Å². The topological polar surface area (TPSA) is 66.0 Å². The average Bonchev–Trinajstić information content (AvgIpc) is 2.61. The Morgan fingerprint density at radius 3 is 1.72 bits per heavy atom. The van der Waals surface area contributed by atoms with Gasteiger partial charge in [0, 0.05) is 12.1 Å². The maximum atomic E-state index is 13.2. The van der Waals surface area contributed by atoms with Gasteiger partial charge in [0.15, 0.2) is 0 Å². The molecule has 0 aliphatic carbocycles. The first-order valence-corrected chi connectivity index (χ1v) is 7.33. The lowest BCUT2D eigenvalue weighted by Gasteiger charge is -2.09. The summed E-state index contributed by atoms with van der Waals surface area (Å²) in [7, 11) is 0. The molecule has 25 heavy (non-hydrogen) atoms. The standard InChI is InChI=1S/C20H11FN2O2/c21-16-3-1-4-17(10-16)24-18-5-2-6-19(11-18)25-20-8-14(12-22)7-15(9-20)13-23/h1-11H. The van der Waals surface area contributed by atoms with E-state index in [2.05, 4.69) is 0 Å². The first kappa shape index (κ1) is 16.0. The lowest BCUT2D eigenvalue weighted by molar-refractivity contribution is 0.457. The van der Waals surface area contributed by atoms with Gasteiger partial charge in [-0.3, -0.25) is 0 Å². The molecule has 0 spiro atoms. The van der Waals surface area contributed by atoms with Crippen molar-refractivity contribution in [3.63, 3.8) is 0 Å². The molecule has 3 aromatic carbocycles. The van der Waals surface area contributed by atoms with Crippen LogP contribution in [0.5, 0.6) is 23.0 Å². The van der Waals surface area contributed by atoms with Crippen molar-refractivity contribution < 1.29 is 13.9 Å². The number of benzene rings is 3. The molecule has 0 bridgehead atoms. The molecular formula is C20H11FN2O2. The zero-order valence-electron chi connectivity index (χ0n) is 12.9. The van der Waals surface area contributed by atoms with Crippen LogP contribution in [0.25, 0.3) is 0 Å². The second kappa shape index (κ2) is 7.16. The van der Waals surface area contributed by atoms with Crippen molar-refractivity contribution in [3.8, 4) is 35.1 Å².